The third-order valence-corrected chi connectivity index (χ3v) is 9.99. The van der Waals surface area contributed by atoms with Gasteiger partial charge in [-0.05, 0) is 43.0 Å². The fraction of sp³-hybridized carbons (Fsp3) is 0.400. The van der Waals surface area contributed by atoms with E-state index in [4.69, 9.17) is 0 Å². The van der Waals surface area contributed by atoms with Crippen LogP contribution in [0.1, 0.15) is 12.8 Å². The Hall–Kier alpha value is -2.20. The summed E-state index contributed by atoms with van der Waals surface area (Å²) in [5.74, 6) is -1.89. The number of hydrogen-bond acceptors (Lipinski definition) is 7. The summed E-state index contributed by atoms with van der Waals surface area (Å²) < 4.78 is 123. The molecule has 2 aromatic rings. The summed E-state index contributed by atoms with van der Waals surface area (Å²) in [6.07, 6.45) is 1.60. The van der Waals surface area contributed by atoms with E-state index in [9.17, 15) is 38.4 Å². The van der Waals surface area contributed by atoms with Gasteiger partial charge >= 0.3 is 6.61 Å². The van der Waals surface area contributed by atoms with Gasteiger partial charge in [-0.25, -0.2) is 34.4 Å². The largest absolute Gasteiger partial charge is 0.435 e. The van der Waals surface area contributed by atoms with Crippen LogP contribution in [-0.4, -0.2) is 62.1 Å². The number of ether oxygens (including phenoxy) is 1. The molecule has 9 nitrogen and oxygen atoms in total. The molecule has 0 radical (unpaired) electrons. The van der Waals surface area contributed by atoms with E-state index in [0.29, 0.717) is 18.9 Å². The van der Waals surface area contributed by atoms with Crippen LogP contribution in [0.5, 0.6) is 5.75 Å². The second kappa shape index (κ2) is 10.4. The molecule has 0 saturated carbocycles. The summed E-state index contributed by atoms with van der Waals surface area (Å²) >= 11 is 0. The van der Waals surface area contributed by atoms with Crippen LogP contribution in [0.3, 0.4) is 0 Å². The van der Waals surface area contributed by atoms with E-state index in [0.717, 1.165) is 34.8 Å². The van der Waals surface area contributed by atoms with Gasteiger partial charge in [0.2, 0.25) is 29.9 Å². The van der Waals surface area contributed by atoms with Crippen LogP contribution in [0.25, 0.3) is 0 Å². The molecule has 0 atom stereocenters. The summed E-state index contributed by atoms with van der Waals surface area (Å²) in [6.45, 7) is -3.25. The van der Waals surface area contributed by atoms with Crippen molar-refractivity contribution >= 4 is 29.9 Å². The molecule has 2 aromatic carbocycles. The molecule has 3 rings (SSSR count). The maximum Gasteiger partial charge on any atom is 0.387 e. The van der Waals surface area contributed by atoms with Gasteiger partial charge < -0.3 is 4.74 Å². The Labute approximate surface area is 201 Å². The predicted molar refractivity (Wildman–Crippen MR) is 119 cm³/mol. The Balaban J connectivity index is 1.99. The van der Waals surface area contributed by atoms with Gasteiger partial charge in [0.25, 0.3) is 0 Å². The maximum absolute atomic E-state index is 14.3. The highest BCUT2D eigenvalue weighted by Gasteiger charge is 2.36. The highest BCUT2D eigenvalue weighted by Crippen LogP contribution is 2.35. The zero-order valence-corrected chi connectivity index (χ0v) is 20.8. The van der Waals surface area contributed by atoms with E-state index >= 15 is 0 Å². The molecule has 0 unspecified atom stereocenters. The second-order valence-electron chi connectivity index (χ2n) is 7.89. The lowest BCUT2D eigenvalue weighted by Crippen LogP contribution is -2.41. The van der Waals surface area contributed by atoms with Crippen molar-refractivity contribution < 1.29 is 43.2 Å². The standard InChI is InChI=1S/C20H23F3N2O7S3/c1-33(26,27)24-13-14-8-10-25(11-9-14)35(30,31)18-7-6-15(32-20(22)23)12-19(18)34(28,29)17-5-3-2-4-16(17)21/h2-7,12,14,20,24H,8-11,13H2,1H3. The number of nitrogens with zero attached hydrogens (tertiary/aromatic N) is 1. The third-order valence-electron chi connectivity index (χ3n) is 5.38. The molecular weight excluding hydrogens is 533 g/mol. The molecule has 194 valence electrons. The quantitative estimate of drug-likeness (QED) is 0.502. The lowest BCUT2D eigenvalue weighted by molar-refractivity contribution is -0.0500. The van der Waals surface area contributed by atoms with Gasteiger partial charge in [0, 0.05) is 25.7 Å². The van der Waals surface area contributed by atoms with E-state index in [2.05, 4.69) is 9.46 Å². The topological polar surface area (TPSA) is 127 Å². The smallest absolute Gasteiger partial charge is 0.387 e. The van der Waals surface area contributed by atoms with Crippen LogP contribution in [0.4, 0.5) is 13.2 Å². The fourth-order valence-corrected chi connectivity index (χ4v) is 7.76. The predicted octanol–water partition coefficient (Wildman–Crippen LogP) is 2.21. The van der Waals surface area contributed by atoms with Crippen molar-refractivity contribution in [1.29, 1.82) is 0 Å². The molecule has 1 heterocycles. The molecule has 1 aliphatic heterocycles. The zero-order valence-electron chi connectivity index (χ0n) is 18.4. The van der Waals surface area contributed by atoms with Crippen molar-refractivity contribution in [2.24, 2.45) is 5.92 Å². The SMILES string of the molecule is CS(=O)(=O)NCC1CCN(S(=O)(=O)c2ccc(OC(F)F)cc2S(=O)(=O)c2ccccc2F)CC1. The average Bonchev–Trinajstić information content (AvgIpc) is 2.77. The molecule has 1 N–H and O–H groups in total. The summed E-state index contributed by atoms with van der Waals surface area (Å²) in [5.41, 5.74) is 0. The van der Waals surface area contributed by atoms with Crippen molar-refractivity contribution in [3.63, 3.8) is 0 Å². The first-order valence-electron chi connectivity index (χ1n) is 10.2. The lowest BCUT2D eigenvalue weighted by Gasteiger charge is -2.31. The molecule has 0 bridgehead atoms. The van der Waals surface area contributed by atoms with Gasteiger partial charge in [-0.15, -0.1) is 0 Å². The van der Waals surface area contributed by atoms with Gasteiger partial charge in [0.05, 0.1) is 11.2 Å². The number of piperidine rings is 1. The summed E-state index contributed by atoms with van der Waals surface area (Å²) in [6, 6.07) is 6.63. The Bertz CT molecular complexity index is 1390. The van der Waals surface area contributed by atoms with E-state index in [1.54, 1.807) is 0 Å². The molecule has 1 saturated heterocycles. The van der Waals surface area contributed by atoms with Crippen LogP contribution < -0.4 is 9.46 Å². The molecule has 35 heavy (non-hydrogen) atoms. The lowest BCUT2D eigenvalue weighted by atomic mass is 9.99. The van der Waals surface area contributed by atoms with Crippen molar-refractivity contribution in [3.8, 4) is 5.75 Å². The van der Waals surface area contributed by atoms with Crippen molar-refractivity contribution in [1.82, 2.24) is 9.03 Å². The highest BCUT2D eigenvalue weighted by atomic mass is 32.2. The Kier molecular flexibility index (Phi) is 8.16. The van der Waals surface area contributed by atoms with Crippen molar-refractivity contribution in [3.05, 3.63) is 48.3 Å². The summed E-state index contributed by atoms with van der Waals surface area (Å²) in [4.78, 5) is -2.44. The Morgan fingerprint density at radius 1 is 0.971 bits per heavy atom. The minimum Gasteiger partial charge on any atom is -0.435 e. The molecule has 15 heteroatoms. The van der Waals surface area contributed by atoms with Crippen molar-refractivity contribution in [2.75, 3.05) is 25.9 Å². The molecular formula is C20H23F3N2O7S3. The van der Waals surface area contributed by atoms with Crippen LogP contribution in [-0.2, 0) is 29.9 Å². The molecule has 0 aromatic heterocycles. The first-order chi connectivity index (χ1) is 16.2. The van der Waals surface area contributed by atoms with Crippen molar-refractivity contribution in [2.45, 2.75) is 34.1 Å². The van der Waals surface area contributed by atoms with E-state index in [1.807, 2.05) is 0 Å². The van der Waals surface area contributed by atoms with Gasteiger partial charge in [0.15, 0.2) is 0 Å². The van der Waals surface area contributed by atoms with Crippen LogP contribution >= 0.6 is 0 Å². The fourth-order valence-electron chi connectivity index (χ4n) is 3.63. The monoisotopic (exact) mass is 556 g/mol. The van der Waals surface area contributed by atoms with E-state index < -0.39 is 62.7 Å². The van der Waals surface area contributed by atoms with Gasteiger partial charge in [0.1, 0.15) is 21.4 Å². The number of hydrogen-bond donors (Lipinski definition) is 1. The number of sulfonamides is 2. The third kappa shape index (κ3) is 6.52. The van der Waals surface area contributed by atoms with Gasteiger partial charge in [-0.3, -0.25) is 0 Å². The Morgan fingerprint density at radius 2 is 1.60 bits per heavy atom. The zero-order chi connectivity index (χ0) is 26.0. The second-order valence-corrected chi connectivity index (χ2v) is 13.5. The first kappa shape index (κ1) is 27.4. The van der Waals surface area contributed by atoms with E-state index in [1.165, 1.54) is 12.1 Å². The number of nitrogens with one attached hydrogen (secondary N) is 1. The minimum absolute atomic E-state index is 0.0348. The Morgan fingerprint density at radius 3 is 2.17 bits per heavy atom. The van der Waals surface area contributed by atoms with Crippen LogP contribution in [0, 0.1) is 11.7 Å². The minimum atomic E-state index is -4.80. The van der Waals surface area contributed by atoms with E-state index in [-0.39, 0.29) is 25.6 Å². The average molecular weight is 557 g/mol. The van der Waals surface area contributed by atoms with Crippen LogP contribution in [0.2, 0.25) is 0 Å². The van der Waals surface area contributed by atoms with Gasteiger partial charge in [-0.1, -0.05) is 12.1 Å². The molecule has 0 spiro atoms. The molecule has 1 aliphatic rings. The number of sulfone groups is 1. The van der Waals surface area contributed by atoms with Gasteiger partial charge in [-0.2, -0.15) is 13.1 Å². The van der Waals surface area contributed by atoms with Crippen LogP contribution in [0.15, 0.2) is 57.2 Å². The number of alkyl halides is 2. The summed E-state index contributed by atoms with van der Waals surface area (Å²) in [5, 5.41) is 0. The first-order valence-corrected chi connectivity index (χ1v) is 15.1. The number of rotatable bonds is 9. The molecule has 0 aliphatic carbocycles. The summed E-state index contributed by atoms with van der Waals surface area (Å²) in [7, 11) is -12.7. The molecule has 0 amide bonds. The number of benzene rings is 2. The normalized spacial score (nSPS) is 16.5. The maximum atomic E-state index is 14.3. The number of halogens is 3. The molecule has 1 fully saturated rings. The highest BCUT2D eigenvalue weighted by molar-refractivity contribution is 7.93.